The minimum Gasteiger partial charge on any atom is -0.467 e. The normalized spacial score (nSPS) is 12.5. The molecule has 0 aliphatic carbocycles. The Morgan fingerprint density at radius 3 is 2.93 bits per heavy atom. The van der Waals surface area contributed by atoms with Crippen LogP contribution in [-0.4, -0.2) is 28.7 Å². The first-order valence-corrected chi connectivity index (χ1v) is 6.32. The Hall–Kier alpha value is -0.190. The third kappa shape index (κ3) is 4.05. The Bertz CT molecular complexity index is 325. The highest BCUT2D eigenvalue weighted by Crippen LogP contribution is 2.27. The molecule has 0 amide bonds. The summed E-state index contributed by atoms with van der Waals surface area (Å²) >= 11 is 13.2. The largest absolute Gasteiger partial charge is 0.467 e. The number of ether oxygens (including phenoxy) is 1. The zero-order chi connectivity index (χ0) is 11.3. The molecule has 0 radical (unpaired) electrons. The van der Waals surface area contributed by atoms with E-state index in [9.17, 15) is 0 Å². The molecule has 0 N–H and O–H groups in total. The molecule has 0 spiro atoms. The van der Waals surface area contributed by atoms with Crippen molar-refractivity contribution in [1.82, 2.24) is 9.97 Å². The average molecular weight is 267 g/mol. The monoisotopic (exact) mass is 266 g/mol. The number of nitrogens with zero attached hydrogens (tertiary/aromatic N) is 2. The maximum absolute atomic E-state index is 5.95. The van der Waals surface area contributed by atoms with Crippen molar-refractivity contribution in [2.24, 2.45) is 5.92 Å². The van der Waals surface area contributed by atoms with Gasteiger partial charge >= 0.3 is 6.01 Å². The molecule has 1 rings (SSSR count). The molecular formula is C9H12Cl2N2OS. The number of methoxy groups -OCH3 is 1. The Labute approximate surface area is 104 Å². The maximum Gasteiger partial charge on any atom is 0.317 e. The minimum atomic E-state index is 0.334. The highest BCUT2D eigenvalue weighted by Gasteiger charge is 2.08. The Balaban J connectivity index is 2.66. The molecule has 0 saturated heterocycles. The topological polar surface area (TPSA) is 35.0 Å². The number of halogens is 2. The molecule has 0 aliphatic heterocycles. The zero-order valence-corrected chi connectivity index (χ0v) is 10.9. The van der Waals surface area contributed by atoms with E-state index in [1.165, 1.54) is 7.11 Å². The van der Waals surface area contributed by atoms with Crippen molar-refractivity contribution in [3.8, 4) is 6.01 Å². The summed E-state index contributed by atoms with van der Waals surface area (Å²) in [6.07, 6.45) is 1.54. The van der Waals surface area contributed by atoms with E-state index in [4.69, 9.17) is 27.9 Å². The third-order valence-electron chi connectivity index (χ3n) is 1.64. The second-order valence-electron chi connectivity index (χ2n) is 3.08. The Kier molecular flexibility index (Phi) is 5.50. The fourth-order valence-corrected chi connectivity index (χ4v) is 2.19. The molecule has 0 aromatic carbocycles. The molecule has 15 heavy (non-hydrogen) atoms. The molecule has 1 aromatic heterocycles. The summed E-state index contributed by atoms with van der Waals surface area (Å²) < 4.78 is 4.92. The summed E-state index contributed by atoms with van der Waals surface area (Å²) in [7, 11) is 1.53. The summed E-state index contributed by atoms with van der Waals surface area (Å²) in [5.41, 5.74) is 0. The van der Waals surface area contributed by atoms with Gasteiger partial charge in [-0.2, -0.15) is 4.98 Å². The van der Waals surface area contributed by atoms with Crippen LogP contribution in [0.3, 0.4) is 0 Å². The number of hydrogen-bond acceptors (Lipinski definition) is 4. The van der Waals surface area contributed by atoms with Gasteiger partial charge in [0.1, 0.15) is 5.03 Å². The predicted molar refractivity (Wildman–Crippen MR) is 64.2 cm³/mol. The molecule has 0 fully saturated rings. The standard InChI is InChI=1S/C9H12Cl2N2OS/c1-6(3-10)5-15-8-7(11)4-12-9(13-8)14-2/h4,6H,3,5H2,1-2H3. The molecule has 1 heterocycles. The fraction of sp³-hybridized carbons (Fsp3) is 0.556. The van der Waals surface area contributed by atoms with Gasteiger partial charge in [-0.1, -0.05) is 18.5 Å². The van der Waals surface area contributed by atoms with Gasteiger partial charge in [0.2, 0.25) is 0 Å². The lowest BCUT2D eigenvalue weighted by Crippen LogP contribution is -2.00. The van der Waals surface area contributed by atoms with Crippen LogP contribution in [0.4, 0.5) is 0 Å². The smallest absolute Gasteiger partial charge is 0.317 e. The van der Waals surface area contributed by atoms with Crippen molar-refractivity contribution in [2.45, 2.75) is 11.9 Å². The first-order chi connectivity index (χ1) is 7.17. The molecule has 0 aliphatic rings. The van der Waals surface area contributed by atoms with E-state index >= 15 is 0 Å². The number of alkyl halides is 1. The van der Waals surface area contributed by atoms with Crippen molar-refractivity contribution in [1.29, 1.82) is 0 Å². The van der Waals surface area contributed by atoms with Gasteiger partial charge in [-0.25, -0.2) is 4.98 Å². The van der Waals surface area contributed by atoms with Crippen LogP contribution >= 0.6 is 35.0 Å². The lowest BCUT2D eigenvalue weighted by Gasteiger charge is -2.07. The second-order valence-corrected chi connectivity index (χ2v) is 4.80. The predicted octanol–water partition coefficient (Wildman–Crippen LogP) is 3.11. The van der Waals surface area contributed by atoms with E-state index in [0.717, 1.165) is 10.8 Å². The second kappa shape index (κ2) is 6.40. The van der Waals surface area contributed by atoms with Crippen LogP contribution < -0.4 is 4.74 Å². The van der Waals surface area contributed by atoms with Crippen LogP contribution in [-0.2, 0) is 0 Å². The van der Waals surface area contributed by atoms with Crippen LogP contribution in [0.25, 0.3) is 0 Å². The molecule has 0 bridgehead atoms. The van der Waals surface area contributed by atoms with Gasteiger partial charge in [0.25, 0.3) is 0 Å². The van der Waals surface area contributed by atoms with Gasteiger partial charge in [0, 0.05) is 11.6 Å². The summed E-state index contributed by atoms with van der Waals surface area (Å²) in [4.78, 5) is 8.05. The molecule has 0 saturated carbocycles. The molecule has 1 unspecified atom stereocenters. The van der Waals surface area contributed by atoms with Gasteiger partial charge < -0.3 is 4.74 Å². The van der Waals surface area contributed by atoms with Crippen molar-refractivity contribution in [3.05, 3.63) is 11.2 Å². The van der Waals surface area contributed by atoms with Crippen molar-refractivity contribution in [3.63, 3.8) is 0 Å². The van der Waals surface area contributed by atoms with E-state index in [-0.39, 0.29) is 0 Å². The summed E-state index contributed by atoms with van der Waals surface area (Å²) in [5.74, 6) is 1.93. The average Bonchev–Trinajstić information content (AvgIpc) is 2.27. The number of thioether (sulfide) groups is 1. The van der Waals surface area contributed by atoms with Crippen LogP contribution in [0.2, 0.25) is 5.02 Å². The van der Waals surface area contributed by atoms with Crippen molar-refractivity contribution < 1.29 is 4.74 Å². The minimum absolute atomic E-state index is 0.334. The lowest BCUT2D eigenvalue weighted by atomic mass is 10.3. The van der Waals surface area contributed by atoms with Crippen LogP contribution in [0.1, 0.15) is 6.92 Å². The summed E-state index contributed by atoms with van der Waals surface area (Å²) in [6.45, 7) is 2.08. The van der Waals surface area contributed by atoms with E-state index in [1.807, 2.05) is 0 Å². The summed E-state index contributed by atoms with van der Waals surface area (Å²) in [5, 5.41) is 1.28. The van der Waals surface area contributed by atoms with Crippen LogP contribution in [0.15, 0.2) is 11.2 Å². The zero-order valence-electron chi connectivity index (χ0n) is 8.54. The van der Waals surface area contributed by atoms with Crippen molar-refractivity contribution in [2.75, 3.05) is 18.7 Å². The maximum atomic E-state index is 5.95. The van der Waals surface area contributed by atoms with Crippen LogP contribution in [0.5, 0.6) is 6.01 Å². The molecule has 84 valence electrons. The third-order valence-corrected chi connectivity index (χ3v) is 3.88. The van der Waals surface area contributed by atoms with Gasteiger partial charge in [0.15, 0.2) is 0 Å². The SMILES string of the molecule is COc1ncc(Cl)c(SCC(C)CCl)n1. The summed E-state index contributed by atoms with van der Waals surface area (Å²) in [6, 6.07) is 0.334. The lowest BCUT2D eigenvalue weighted by molar-refractivity contribution is 0.376. The first-order valence-electron chi connectivity index (χ1n) is 4.42. The van der Waals surface area contributed by atoms with Crippen molar-refractivity contribution >= 4 is 35.0 Å². The van der Waals surface area contributed by atoms with E-state index in [2.05, 4.69) is 16.9 Å². The number of hydrogen-bond donors (Lipinski definition) is 0. The Morgan fingerprint density at radius 2 is 2.33 bits per heavy atom. The quantitative estimate of drug-likeness (QED) is 0.466. The molecule has 1 atom stereocenters. The van der Waals surface area contributed by atoms with E-state index < -0.39 is 0 Å². The fourth-order valence-electron chi connectivity index (χ4n) is 0.802. The van der Waals surface area contributed by atoms with Gasteiger partial charge in [-0.15, -0.1) is 23.4 Å². The van der Waals surface area contributed by atoms with Gasteiger partial charge in [0.05, 0.1) is 18.3 Å². The van der Waals surface area contributed by atoms with E-state index in [0.29, 0.717) is 22.8 Å². The molecule has 1 aromatic rings. The van der Waals surface area contributed by atoms with Crippen LogP contribution in [0, 0.1) is 5.92 Å². The Morgan fingerprint density at radius 1 is 1.60 bits per heavy atom. The molecular weight excluding hydrogens is 255 g/mol. The highest BCUT2D eigenvalue weighted by atomic mass is 35.5. The van der Waals surface area contributed by atoms with Gasteiger partial charge in [-0.05, 0) is 5.92 Å². The number of aromatic nitrogens is 2. The van der Waals surface area contributed by atoms with Gasteiger partial charge in [-0.3, -0.25) is 0 Å². The molecule has 3 nitrogen and oxygen atoms in total. The molecule has 6 heteroatoms. The van der Waals surface area contributed by atoms with E-state index in [1.54, 1.807) is 18.0 Å². The number of rotatable bonds is 5. The highest BCUT2D eigenvalue weighted by molar-refractivity contribution is 7.99. The first kappa shape index (κ1) is 12.9.